The molecule has 124 valence electrons. The Labute approximate surface area is 147 Å². The molecule has 1 heterocycles. The molecule has 3 aromatic carbocycles. The predicted molar refractivity (Wildman–Crippen MR) is 97.7 cm³/mol. The summed E-state index contributed by atoms with van der Waals surface area (Å²) in [6.07, 6.45) is -4.37. The molecule has 0 N–H and O–H groups in total. The summed E-state index contributed by atoms with van der Waals surface area (Å²) in [5, 5.41) is 0.643. The van der Waals surface area contributed by atoms with Crippen LogP contribution in [0.3, 0.4) is 0 Å². The zero-order valence-corrected chi connectivity index (χ0v) is 13.9. The normalized spacial score (nSPS) is 11.8. The topological polar surface area (TPSA) is 0 Å². The summed E-state index contributed by atoms with van der Waals surface area (Å²) >= 11 is 1.21. The second-order valence-electron chi connectivity index (χ2n) is 5.72. The number of halogens is 3. The zero-order chi connectivity index (χ0) is 17.4. The molecule has 25 heavy (non-hydrogen) atoms. The fourth-order valence-electron chi connectivity index (χ4n) is 3.03. The molecular weight excluding hydrogens is 341 g/mol. The summed E-state index contributed by atoms with van der Waals surface area (Å²) in [4.78, 5) is 0.860. The van der Waals surface area contributed by atoms with Gasteiger partial charge in [-0.25, -0.2) is 0 Å². The number of fused-ring (bicyclic) bond motifs is 1. The van der Waals surface area contributed by atoms with Crippen molar-refractivity contribution in [3.63, 3.8) is 0 Å². The van der Waals surface area contributed by atoms with Crippen molar-refractivity contribution in [1.82, 2.24) is 0 Å². The Kier molecular flexibility index (Phi) is 3.85. The van der Waals surface area contributed by atoms with E-state index < -0.39 is 11.7 Å². The maximum absolute atomic E-state index is 13.5. The molecule has 0 aliphatic rings. The Balaban J connectivity index is 2.10. The van der Waals surface area contributed by atoms with Gasteiger partial charge in [-0.05, 0) is 17.2 Å². The largest absolute Gasteiger partial charge is 0.417 e. The fourth-order valence-corrected chi connectivity index (χ4v) is 4.39. The number of alkyl halides is 3. The van der Waals surface area contributed by atoms with Gasteiger partial charge in [0.2, 0.25) is 0 Å². The number of rotatable bonds is 2. The SMILES string of the molecule is FC(F)(F)c1cccc2c(-c3ccccc3)c(-c3ccccc3)sc12. The van der Waals surface area contributed by atoms with E-state index in [0.29, 0.717) is 5.39 Å². The first-order chi connectivity index (χ1) is 12.1. The third-order valence-electron chi connectivity index (χ3n) is 4.12. The van der Waals surface area contributed by atoms with E-state index in [1.165, 1.54) is 17.4 Å². The molecule has 4 heteroatoms. The van der Waals surface area contributed by atoms with Crippen LogP contribution >= 0.6 is 11.3 Å². The Hall–Kier alpha value is -2.59. The lowest BCUT2D eigenvalue weighted by molar-refractivity contribution is -0.136. The summed E-state index contributed by atoms with van der Waals surface area (Å²) in [6, 6.07) is 23.6. The Bertz CT molecular complexity index is 1020. The molecule has 0 atom stereocenters. The highest BCUT2D eigenvalue weighted by atomic mass is 32.1. The Morgan fingerprint density at radius 2 is 1.24 bits per heavy atom. The van der Waals surface area contributed by atoms with Crippen LogP contribution in [0.1, 0.15) is 5.56 Å². The van der Waals surface area contributed by atoms with Gasteiger partial charge >= 0.3 is 6.18 Å². The number of hydrogen-bond acceptors (Lipinski definition) is 1. The number of benzene rings is 3. The predicted octanol–water partition coefficient (Wildman–Crippen LogP) is 7.25. The van der Waals surface area contributed by atoms with Crippen LogP contribution in [0.2, 0.25) is 0 Å². The molecule has 1 aromatic heterocycles. The lowest BCUT2D eigenvalue weighted by atomic mass is 9.98. The van der Waals surface area contributed by atoms with Crippen molar-refractivity contribution in [2.75, 3.05) is 0 Å². The van der Waals surface area contributed by atoms with E-state index in [2.05, 4.69) is 0 Å². The van der Waals surface area contributed by atoms with Crippen LogP contribution in [0.5, 0.6) is 0 Å². The van der Waals surface area contributed by atoms with Gasteiger partial charge in [0.25, 0.3) is 0 Å². The molecule has 0 radical (unpaired) electrons. The molecular formula is C21H13F3S. The standard InChI is InChI=1S/C21H13F3S/c22-21(23,24)17-13-7-12-16-18(14-8-3-1-4-9-14)19(25-20(16)17)15-10-5-2-6-11-15/h1-13H. The first-order valence-electron chi connectivity index (χ1n) is 7.79. The van der Waals surface area contributed by atoms with Gasteiger partial charge in [0.1, 0.15) is 0 Å². The second kappa shape index (κ2) is 6.05. The molecule has 0 aliphatic carbocycles. The van der Waals surface area contributed by atoms with Crippen LogP contribution in [0.25, 0.3) is 31.7 Å². The van der Waals surface area contributed by atoms with E-state index >= 15 is 0 Å². The van der Waals surface area contributed by atoms with Crippen molar-refractivity contribution >= 4 is 21.4 Å². The highest BCUT2D eigenvalue weighted by Gasteiger charge is 2.34. The van der Waals surface area contributed by atoms with Crippen LogP contribution < -0.4 is 0 Å². The first kappa shape index (κ1) is 15.9. The van der Waals surface area contributed by atoms with Gasteiger partial charge in [-0.1, -0.05) is 72.8 Å². The van der Waals surface area contributed by atoms with Crippen LogP contribution in [-0.4, -0.2) is 0 Å². The molecule has 0 bridgehead atoms. The zero-order valence-electron chi connectivity index (χ0n) is 13.0. The minimum Gasteiger partial charge on any atom is -0.166 e. The van der Waals surface area contributed by atoms with Crippen LogP contribution in [-0.2, 0) is 6.18 Å². The minimum atomic E-state index is -4.37. The van der Waals surface area contributed by atoms with Gasteiger partial charge < -0.3 is 0 Å². The van der Waals surface area contributed by atoms with Gasteiger partial charge in [0.15, 0.2) is 0 Å². The average Bonchev–Trinajstić information content (AvgIpc) is 3.01. The smallest absolute Gasteiger partial charge is 0.166 e. The van der Waals surface area contributed by atoms with Crippen LogP contribution in [0.15, 0.2) is 78.9 Å². The lowest BCUT2D eigenvalue weighted by Gasteiger charge is -2.08. The Morgan fingerprint density at radius 3 is 1.84 bits per heavy atom. The van der Waals surface area contributed by atoms with Gasteiger partial charge in [-0.15, -0.1) is 11.3 Å². The maximum Gasteiger partial charge on any atom is 0.417 e. The summed E-state index contributed by atoms with van der Waals surface area (Å²) in [5.41, 5.74) is 2.13. The van der Waals surface area contributed by atoms with Gasteiger partial charge in [-0.3, -0.25) is 0 Å². The maximum atomic E-state index is 13.5. The average molecular weight is 354 g/mol. The van der Waals surface area contributed by atoms with Gasteiger partial charge in [-0.2, -0.15) is 13.2 Å². The molecule has 0 aliphatic heterocycles. The highest BCUT2D eigenvalue weighted by molar-refractivity contribution is 7.23. The van der Waals surface area contributed by atoms with Crippen molar-refractivity contribution in [3.8, 4) is 21.6 Å². The number of thiophene rings is 1. The lowest BCUT2D eigenvalue weighted by Crippen LogP contribution is -2.04. The van der Waals surface area contributed by atoms with E-state index in [4.69, 9.17) is 0 Å². The third-order valence-corrected chi connectivity index (χ3v) is 5.41. The summed E-state index contributed by atoms with van der Waals surface area (Å²) in [5.74, 6) is 0. The van der Waals surface area contributed by atoms with Gasteiger partial charge in [0, 0.05) is 20.5 Å². The monoisotopic (exact) mass is 354 g/mol. The molecule has 0 spiro atoms. The van der Waals surface area contributed by atoms with Gasteiger partial charge in [0.05, 0.1) is 5.56 Å². The van der Waals surface area contributed by atoms with Crippen molar-refractivity contribution in [3.05, 3.63) is 84.4 Å². The second-order valence-corrected chi connectivity index (χ2v) is 6.74. The van der Waals surface area contributed by atoms with Crippen molar-refractivity contribution in [2.24, 2.45) is 0 Å². The molecule has 0 nitrogen and oxygen atoms in total. The first-order valence-corrected chi connectivity index (χ1v) is 8.61. The van der Waals surface area contributed by atoms with Crippen molar-refractivity contribution in [1.29, 1.82) is 0 Å². The molecule has 4 aromatic rings. The van der Waals surface area contributed by atoms with E-state index in [-0.39, 0.29) is 4.70 Å². The summed E-state index contributed by atoms with van der Waals surface area (Å²) in [6.45, 7) is 0. The quantitative estimate of drug-likeness (QED) is 0.355. The van der Waals surface area contributed by atoms with E-state index in [1.54, 1.807) is 6.07 Å². The summed E-state index contributed by atoms with van der Waals surface area (Å²) in [7, 11) is 0. The molecule has 0 saturated carbocycles. The van der Waals surface area contributed by atoms with E-state index in [1.807, 2.05) is 60.7 Å². The van der Waals surface area contributed by atoms with Crippen molar-refractivity contribution < 1.29 is 13.2 Å². The molecule has 0 amide bonds. The molecule has 0 saturated heterocycles. The fraction of sp³-hybridized carbons (Fsp3) is 0.0476. The van der Waals surface area contributed by atoms with E-state index in [9.17, 15) is 13.2 Å². The van der Waals surface area contributed by atoms with Crippen molar-refractivity contribution in [2.45, 2.75) is 6.18 Å². The van der Waals surface area contributed by atoms with E-state index in [0.717, 1.165) is 27.6 Å². The molecule has 0 unspecified atom stereocenters. The van der Waals surface area contributed by atoms with Crippen LogP contribution in [0, 0.1) is 0 Å². The number of hydrogen-bond donors (Lipinski definition) is 0. The summed E-state index contributed by atoms with van der Waals surface area (Å²) < 4.78 is 40.7. The molecule has 4 rings (SSSR count). The molecule has 0 fully saturated rings. The Morgan fingerprint density at radius 1 is 0.640 bits per heavy atom. The highest BCUT2D eigenvalue weighted by Crippen LogP contribution is 2.48. The van der Waals surface area contributed by atoms with Crippen LogP contribution in [0.4, 0.5) is 13.2 Å². The third kappa shape index (κ3) is 2.83. The minimum absolute atomic E-state index is 0.285.